The van der Waals surface area contributed by atoms with E-state index in [2.05, 4.69) is 10.3 Å². The Morgan fingerprint density at radius 1 is 1.24 bits per heavy atom. The third kappa shape index (κ3) is 4.71. The molecule has 2 aromatic rings. The van der Waals surface area contributed by atoms with Gasteiger partial charge in [-0.1, -0.05) is 29.3 Å². The van der Waals surface area contributed by atoms with Crippen molar-refractivity contribution < 1.29 is 9.59 Å². The maximum atomic E-state index is 12.5. The molecule has 0 unspecified atom stereocenters. The Labute approximate surface area is 155 Å². The van der Waals surface area contributed by atoms with Crippen LogP contribution in [0.15, 0.2) is 42.7 Å². The lowest BCUT2D eigenvalue weighted by molar-refractivity contribution is -0.131. The number of nitrogens with zero attached hydrogens (tertiary/aromatic N) is 2. The highest BCUT2D eigenvalue weighted by atomic mass is 35.5. The summed E-state index contributed by atoms with van der Waals surface area (Å²) in [5.41, 5.74) is 1.26. The number of halogens is 2. The van der Waals surface area contributed by atoms with Gasteiger partial charge in [0.25, 0.3) is 5.91 Å². The number of hydrogen-bond acceptors (Lipinski definition) is 3. The first-order valence-corrected chi connectivity index (χ1v) is 8.72. The van der Waals surface area contributed by atoms with Crippen LogP contribution in [0, 0.1) is 0 Å². The average Bonchev–Trinajstić information content (AvgIpc) is 3.43. The van der Waals surface area contributed by atoms with Crippen molar-refractivity contribution in [2.24, 2.45) is 0 Å². The van der Waals surface area contributed by atoms with Gasteiger partial charge in [-0.3, -0.25) is 14.6 Å². The first-order valence-electron chi connectivity index (χ1n) is 7.96. The molecule has 1 heterocycles. The molecule has 3 rings (SSSR count). The number of benzene rings is 1. The summed E-state index contributed by atoms with van der Waals surface area (Å²) >= 11 is 11.8. The Kier molecular flexibility index (Phi) is 5.56. The smallest absolute Gasteiger partial charge is 0.253 e. The van der Waals surface area contributed by atoms with Crippen molar-refractivity contribution in [3.8, 4) is 0 Å². The molecule has 0 aliphatic heterocycles. The predicted octanol–water partition coefficient (Wildman–Crippen LogP) is 3.31. The standard InChI is InChI=1S/C18H17Cl2N3O2/c19-13-3-6-15(16(20)8-13)18(25)22-10-17(24)23(14-4-5-14)11-12-2-1-7-21-9-12/h1-3,6-9,14H,4-5,10-11H2,(H,22,25). The zero-order valence-electron chi connectivity index (χ0n) is 13.4. The van der Waals surface area contributed by atoms with E-state index in [0.29, 0.717) is 17.1 Å². The van der Waals surface area contributed by atoms with Crippen LogP contribution in [0.4, 0.5) is 0 Å². The lowest BCUT2D eigenvalue weighted by Crippen LogP contribution is -2.41. The molecule has 1 saturated carbocycles. The molecule has 0 bridgehead atoms. The summed E-state index contributed by atoms with van der Waals surface area (Å²) in [7, 11) is 0. The minimum absolute atomic E-state index is 0.0749. The number of carbonyl (C=O) groups is 2. The second-order valence-electron chi connectivity index (χ2n) is 5.92. The van der Waals surface area contributed by atoms with E-state index in [9.17, 15) is 9.59 Å². The summed E-state index contributed by atoms with van der Waals surface area (Å²) in [6.45, 7) is 0.420. The van der Waals surface area contributed by atoms with Gasteiger partial charge in [-0.25, -0.2) is 0 Å². The maximum absolute atomic E-state index is 12.5. The number of aromatic nitrogens is 1. The molecule has 25 heavy (non-hydrogen) atoms. The fourth-order valence-corrected chi connectivity index (χ4v) is 3.02. The van der Waals surface area contributed by atoms with Crippen LogP contribution >= 0.6 is 23.2 Å². The van der Waals surface area contributed by atoms with Crippen LogP contribution in [0.25, 0.3) is 0 Å². The van der Waals surface area contributed by atoms with Gasteiger partial charge < -0.3 is 10.2 Å². The van der Waals surface area contributed by atoms with E-state index in [1.807, 2.05) is 12.1 Å². The fourth-order valence-electron chi connectivity index (χ4n) is 2.52. The summed E-state index contributed by atoms with van der Waals surface area (Å²) in [5, 5.41) is 3.34. The van der Waals surface area contributed by atoms with Crippen molar-refractivity contribution in [3.63, 3.8) is 0 Å². The van der Waals surface area contributed by atoms with E-state index >= 15 is 0 Å². The Bertz CT molecular complexity index is 779. The molecule has 5 nitrogen and oxygen atoms in total. The Morgan fingerprint density at radius 3 is 2.68 bits per heavy atom. The quantitative estimate of drug-likeness (QED) is 0.839. The number of amides is 2. The van der Waals surface area contributed by atoms with Crippen molar-refractivity contribution in [2.75, 3.05) is 6.54 Å². The van der Waals surface area contributed by atoms with Gasteiger partial charge in [-0.2, -0.15) is 0 Å². The van der Waals surface area contributed by atoms with E-state index in [-0.39, 0.29) is 23.5 Å². The van der Waals surface area contributed by atoms with Crippen LogP contribution in [0.3, 0.4) is 0 Å². The zero-order valence-corrected chi connectivity index (χ0v) is 14.9. The molecule has 2 amide bonds. The van der Waals surface area contributed by atoms with Crippen LogP contribution in [-0.4, -0.2) is 34.3 Å². The molecule has 1 aromatic heterocycles. The minimum atomic E-state index is -0.396. The molecular weight excluding hydrogens is 361 g/mol. The first-order chi connectivity index (χ1) is 12.0. The van der Waals surface area contributed by atoms with Crippen LogP contribution in [0.1, 0.15) is 28.8 Å². The monoisotopic (exact) mass is 377 g/mol. The maximum Gasteiger partial charge on any atom is 0.253 e. The average molecular weight is 378 g/mol. The van der Waals surface area contributed by atoms with E-state index in [1.165, 1.54) is 6.07 Å². The van der Waals surface area contributed by atoms with Gasteiger partial charge in [0.05, 0.1) is 17.1 Å². The molecular formula is C18H17Cl2N3O2. The number of rotatable bonds is 6. The Balaban J connectivity index is 1.61. The normalized spacial score (nSPS) is 13.4. The summed E-state index contributed by atoms with van der Waals surface area (Å²) < 4.78 is 0. The summed E-state index contributed by atoms with van der Waals surface area (Å²) in [6.07, 6.45) is 5.42. The largest absolute Gasteiger partial charge is 0.343 e. The second kappa shape index (κ2) is 7.85. The van der Waals surface area contributed by atoms with Gasteiger partial charge in [-0.15, -0.1) is 0 Å². The minimum Gasteiger partial charge on any atom is -0.343 e. The summed E-state index contributed by atoms with van der Waals surface area (Å²) in [5.74, 6) is -0.517. The van der Waals surface area contributed by atoms with Gasteiger partial charge >= 0.3 is 0 Å². The lowest BCUT2D eigenvalue weighted by Gasteiger charge is -2.22. The Morgan fingerprint density at radius 2 is 2.04 bits per heavy atom. The first kappa shape index (κ1) is 17.7. The van der Waals surface area contributed by atoms with E-state index in [1.54, 1.807) is 29.4 Å². The molecule has 0 saturated heterocycles. The van der Waals surface area contributed by atoms with Crippen molar-refractivity contribution in [1.82, 2.24) is 15.2 Å². The van der Waals surface area contributed by atoms with Gasteiger partial charge in [0, 0.05) is 30.0 Å². The molecule has 1 aromatic carbocycles. The third-order valence-corrected chi connectivity index (χ3v) is 4.51. The van der Waals surface area contributed by atoms with E-state index in [0.717, 1.165) is 18.4 Å². The SMILES string of the molecule is O=C(NCC(=O)N(Cc1cccnc1)C1CC1)c1ccc(Cl)cc1Cl. The molecule has 1 aliphatic carbocycles. The van der Waals surface area contributed by atoms with Crippen molar-refractivity contribution in [1.29, 1.82) is 0 Å². The van der Waals surface area contributed by atoms with Crippen LogP contribution in [0.5, 0.6) is 0 Å². The highest BCUT2D eigenvalue weighted by Crippen LogP contribution is 2.28. The van der Waals surface area contributed by atoms with Crippen LogP contribution < -0.4 is 5.32 Å². The lowest BCUT2D eigenvalue weighted by atomic mass is 10.2. The van der Waals surface area contributed by atoms with Gasteiger partial charge in [0.15, 0.2) is 0 Å². The van der Waals surface area contributed by atoms with Gasteiger partial charge in [0.1, 0.15) is 0 Å². The Hall–Kier alpha value is -2.11. The molecule has 1 aliphatic rings. The zero-order chi connectivity index (χ0) is 17.8. The van der Waals surface area contributed by atoms with Crippen molar-refractivity contribution in [3.05, 3.63) is 63.9 Å². The number of hydrogen-bond donors (Lipinski definition) is 1. The second-order valence-corrected chi connectivity index (χ2v) is 6.76. The van der Waals surface area contributed by atoms with E-state index in [4.69, 9.17) is 23.2 Å². The number of nitrogens with one attached hydrogen (secondary N) is 1. The predicted molar refractivity (Wildman–Crippen MR) is 96.6 cm³/mol. The molecule has 7 heteroatoms. The molecule has 0 spiro atoms. The third-order valence-electron chi connectivity index (χ3n) is 3.96. The van der Waals surface area contributed by atoms with E-state index < -0.39 is 5.91 Å². The van der Waals surface area contributed by atoms with Gasteiger partial charge in [-0.05, 0) is 42.7 Å². The van der Waals surface area contributed by atoms with Crippen molar-refractivity contribution in [2.45, 2.75) is 25.4 Å². The molecule has 1 fully saturated rings. The summed E-state index contributed by atoms with van der Waals surface area (Å²) in [6, 6.07) is 8.64. The highest BCUT2D eigenvalue weighted by Gasteiger charge is 2.32. The van der Waals surface area contributed by atoms with Crippen LogP contribution in [-0.2, 0) is 11.3 Å². The fraction of sp³-hybridized carbons (Fsp3) is 0.278. The van der Waals surface area contributed by atoms with Crippen molar-refractivity contribution >= 4 is 35.0 Å². The van der Waals surface area contributed by atoms with Gasteiger partial charge in [0.2, 0.25) is 5.91 Å². The molecule has 1 N–H and O–H groups in total. The topological polar surface area (TPSA) is 62.3 Å². The van der Waals surface area contributed by atoms with Crippen LogP contribution in [0.2, 0.25) is 10.0 Å². The summed E-state index contributed by atoms with van der Waals surface area (Å²) in [4.78, 5) is 30.6. The number of carbonyl (C=O) groups excluding carboxylic acids is 2. The highest BCUT2D eigenvalue weighted by molar-refractivity contribution is 6.36. The number of pyridine rings is 1. The molecule has 0 atom stereocenters. The molecule has 130 valence electrons. The molecule has 0 radical (unpaired) electrons.